The third kappa shape index (κ3) is 2.34. The molecule has 0 saturated heterocycles. The number of nitrogens with one attached hydrogen (secondary N) is 1. The van der Waals surface area contributed by atoms with Crippen LogP contribution in [0.25, 0.3) is 10.7 Å². The van der Waals surface area contributed by atoms with Crippen LogP contribution < -0.4 is 5.32 Å². The predicted molar refractivity (Wildman–Crippen MR) is 63.1 cm³/mol. The van der Waals surface area contributed by atoms with Crippen LogP contribution in [0.5, 0.6) is 0 Å². The van der Waals surface area contributed by atoms with Gasteiger partial charge in [0.25, 0.3) is 0 Å². The first kappa shape index (κ1) is 10.5. The summed E-state index contributed by atoms with van der Waals surface area (Å²) in [7, 11) is 1.89. The van der Waals surface area contributed by atoms with Crippen molar-refractivity contribution >= 4 is 22.9 Å². The summed E-state index contributed by atoms with van der Waals surface area (Å²) in [5.41, 5.74) is 0.867. The van der Waals surface area contributed by atoms with E-state index < -0.39 is 0 Å². The van der Waals surface area contributed by atoms with Gasteiger partial charge in [-0.3, -0.25) is 4.98 Å². The number of pyridine rings is 1. The number of thiazole rings is 1. The number of rotatable bonds is 3. The van der Waals surface area contributed by atoms with E-state index in [1.54, 1.807) is 17.5 Å². The lowest BCUT2D eigenvalue weighted by molar-refractivity contribution is 0.829. The Kier molecular flexibility index (Phi) is 3.30. The van der Waals surface area contributed by atoms with Gasteiger partial charge in [0.2, 0.25) is 0 Å². The first-order valence-corrected chi connectivity index (χ1v) is 5.72. The van der Waals surface area contributed by atoms with Crippen LogP contribution in [-0.2, 0) is 6.54 Å². The molecule has 2 aromatic rings. The summed E-state index contributed by atoms with van der Waals surface area (Å²) in [5.74, 6) is 0. The fourth-order valence-corrected chi connectivity index (χ4v) is 2.46. The van der Waals surface area contributed by atoms with Crippen molar-refractivity contribution in [2.45, 2.75) is 6.54 Å². The van der Waals surface area contributed by atoms with E-state index in [4.69, 9.17) is 11.6 Å². The lowest BCUT2D eigenvalue weighted by Gasteiger charge is -1.93. The summed E-state index contributed by atoms with van der Waals surface area (Å²) >= 11 is 7.57. The third-order valence-electron chi connectivity index (χ3n) is 1.87. The van der Waals surface area contributed by atoms with Gasteiger partial charge in [0.15, 0.2) is 0 Å². The molecule has 0 unspecified atom stereocenters. The smallest absolute Gasteiger partial charge is 0.145 e. The van der Waals surface area contributed by atoms with Crippen LogP contribution in [0.3, 0.4) is 0 Å². The highest BCUT2D eigenvalue weighted by atomic mass is 35.5. The van der Waals surface area contributed by atoms with Gasteiger partial charge < -0.3 is 5.32 Å². The third-order valence-corrected chi connectivity index (χ3v) is 3.37. The molecule has 0 aromatic carbocycles. The average Bonchev–Trinajstić information content (AvgIpc) is 2.63. The summed E-state index contributed by atoms with van der Waals surface area (Å²) in [6.07, 6.45) is 1.75. The molecule has 0 spiro atoms. The van der Waals surface area contributed by atoms with E-state index in [-0.39, 0.29) is 0 Å². The maximum Gasteiger partial charge on any atom is 0.145 e. The van der Waals surface area contributed by atoms with Gasteiger partial charge in [-0.05, 0) is 19.2 Å². The molecule has 0 amide bonds. The molecule has 2 heterocycles. The lowest BCUT2D eigenvalue weighted by atomic mass is 10.4. The minimum Gasteiger partial charge on any atom is -0.315 e. The van der Waals surface area contributed by atoms with Gasteiger partial charge in [-0.25, -0.2) is 4.98 Å². The van der Waals surface area contributed by atoms with Gasteiger partial charge in [0.05, 0.1) is 10.6 Å². The summed E-state index contributed by atoms with van der Waals surface area (Å²) in [5, 5.41) is 4.49. The van der Waals surface area contributed by atoms with Crippen LogP contribution in [0.15, 0.2) is 24.4 Å². The van der Waals surface area contributed by atoms with Crippen molar-refractivity contribution < 1.29 is 0 Å². The van der Waals surface area contributed by atoms with Crippen molar-refractivity contribution in [3.8, 4) is 10.7 Å². The van der Waals surface area contributed by atoms with Gasteiger partial charge in [0, 0.05) is 12.7 Å². The van der Waals surface area contributed by atoms with E-state index in [1.807, 2.05) is 25.2 Å². The predicted octanol–water partition coefficient (Wildman–Crippen LogP) is 2.58. The number of nitrogens with zero attached hydrogens (tertiary/aromatic N) is 2. The van der Waals surface area contributed by atoms with Crippen LogP contribution in [-0.4, -0.2) is 17.0 Å². The Hall–Kier alpha value is -0.970. The molecule has 78 valence electrons. The molecule has 3 nitrogen and oxygen atoms in total. The first-order valence-electron chi connectivity index (χ1n) is 4.52. The topological polar surface area (TPSA) is 37.8 Å². The zero-order chi connectivity index (χ0) is 10.7. The van der Waals surface area contributed by atoms with E-state index in [0.717, 1.165) is 22.1 Å². The molecular formula is C10H10ClN3S. The summed E-state index contributed by atoms with van der Waals surface area (Å²) < 4.78 is 0. The number of aromatic nitrogens is 2. The molecule has 0 aliphatic heterocycles. The molecule has 0 aliphatic rings. The fourth-order valence-electron chi connectivity index (χ4n) is 1.20. The van der Waals surface area contributed by atoms with E-state index in [2.05, 4.69) is 15.3 Å². The molecule has 0 bridgehead atoms. The van der Waals surface area contributed by atoms with Crippen LogP contribution in [0, 0.1) is 0 Å². The van der Waals surface area contributed by atoms with Crippen LogP contribution in [0.4, 0.5) is 0 Å². The second-order valence-corrected chi connectivity index (χ2v) is 4.42. The Balaban J connectivity index is 2.34. The molecule has 0 fully saturated rings. The molecule has 2 aromatic heterocycles. The maximum absolute atomic E-state index is 6.01. The Labute approximate surface area is 97.2 Å². The van der Waals surface area contributed by atoms with Crippen LogP contribution in [0.1, 0.15) is 4.88 Å². The van der Waals surface area contributed by atoms with Gasteiger partial charge >= 0.3 is 0 Å². The van der Waals surface area contributed by atoms with Crippen molar-refractivity contribution in [2.75, 3.05) is 7.05 Å². The van der Waals surface area contributed by atoms with E-state index in [0.29, 0.717) is 5.15 Å². The minimum atomic E-state index is 0.565. The van der Waals surface area contributed by atoms with Gasteiger partial charge in [-0.1, -0.05) is 17.7 Å². The monoisotopic (exact) mass is 239 g/mol. The average molecular weight is 240 g/mol. The van der Waals surface area contributed by atoms with Gasteiger partial charge in [-0.15, -0.1) is 11.3 Å². The fraction of sp³-hybridized carbons (Fsp3) is 0.200. The molecule has 5 heteroatoms. The molecule has 0 aliphatic carbocycles. The summed E-state index contributed by atoms with van der Waals surface area (Å²) in [6, 6.07) is 5.75. The van der Waals surface area contributed by atoms with Crippen LogP contribution >= 0.6 is 22.9 Å². The largest absolute Gasteiger partial charge is 0.315 e. The Morgan fingerprint density at radius 2 is 2.33 bits per heavy atom. The quantitative estimate of drug-likeness (QED) is 0.895. The molecular weight excluding hydrogens is 230 g/mol. The van der Waals surface area contributed by atoms with Gasteiger partial charge in [-0.2, -0.15) is 0 Å². The van der Waals surface area contributed by atoms with Crippen molar-refractivity contribution in [3.05, 3.63) is 34.4 Å². The minimum absolute atomic E-state index is 0.565. The summed E-state index contributed by atoms with van der Waals surface area (Å²) in [4.78, 5) is 9.55. The highest BCUT2D eigenvalue weighted by Gasteiger charge is 2.10. The normalized spacial score (nSPS) is 10.5. The van der Waals surface area contributed by atoms with Crippen molar-refractivity contribution in [2.24, 2.45) is 0 Å². The highest BCUT2D eigenvalue weighted by Crippen LogP contribution is 2.29. The Bertz CT molecular complexity index is 441. The summed E-state index contributed by atoms with van der Waals surface area (Å²) in [6.45, 7) is 0.739. The lowest BCUT2D eigenvalue weighted by Crippen LogP contribution is -2.03. The second kappa shape index (κ2) is 4.70. The zero-order valence-electron chi connectivity index (χ0n) is 8.20. The first-order chi connectivity index (χ1) is 7.31. The number of halogens is 1. The standard InChI is InChI=1S/C10H10ClN3S/c1-12-6-8-9(11)14-10(15-8)7-4-2-3-5-13-7/h2-5,12H,6H2,1H3. The molecule has 0 saturated carbocycles. The Morgan fingerprint density at radius 1 is 1.47 bits per heavy atom. The molecule has 0 atom stereocenters. The highest BCUT2D eigenvalue weighted by molar-refractivity contribution is 7.15. The second-order valence-electron chi connectivity index (χ2n) is 2.98. The Morgan fingerprint density at radius 3 is 3.00 bits per heavy atom. The molecule has 15 heavy (non-hydrogen) atoms. The van der Waals surface area contributed by atoms with Gasteiger partial charge in [0.1, 0.15) is 10.2 Å². The van der Waals surface area contributed by atoms with Crippen molar-refractivity contribution in [1.82, 2.24) is 15.3 Å². The van der Waals surface area contributed by atoms with E-state index in [9.17, 15) is 0 Å². The molecule has 2 rings (SSSR count). The van der Waals surface area contributed by atoms with E-state index >= 15 is 0 Å². The maximum atomic E-state index is 6.01. The number of hydrogen-bond donors (Lipinski definition) is 1. The zero-order valence-corrected chi connectivity index (χ0v) is 9.77. The molecule has 0 radical (unpaired) electrons. The SMILES string of the molecule is CNCc1sc(-c2ccccn2)nc1Cl. The van der Waals surface area contributed by atoms with Crippen molar-refractivity contribution in [1.29, 1.82) is 0 Å². The molecule has 1 N–H and O–H groups in total. The van der Waals surface area contributed by atoms with Crippen molar-refractivity contribution in [3.63, 3.8) is 0 Å². The number of hydrogen-bond acceptors (Lipinski definition) is 4. The van der Waals surface area contributed by atoms with E-state index in [1.165, 1.54) is 0 Å². The van der Waals surface area contributed by atoms with Crippen LogP contribution in [0.2, 0.25) is 5.15 Å².